The van der Waals surface area contributed by atoms with Crippen molar-refractivity contribution in [3.05, 3.63) is 97.2 Å². The SMILES string of the molecule is CC/C=C/C=C/C=C\C=C/CCCC(CC(=O)NC(CO)C(O)CCCCCCCCCCCCCCCCCCC)OC(=O)CCCCC/C=C\C/C=C\C/C=C\C/C=C\CCCCC. The summed E-state index contributed by atoms with van der Waals surface area (Å²) in [4.78, 5) is 26.2. The highest BCUT2D eigenvalue weighted by atomic mass is 16.5. The van der Waals surface area contributed by atoms with Crippen LogP contribution in [0.25, 0.3) is 0 Å². The summed E-state index contributed by atoms with van der Waals surface area (Å²) in [5.74, 6) is -0.583. The van der Waals surface area contributed by atoms with Gasteiger partial charge >= 0.3 is 5.97 Å². The summed E-state index contributed by atoms with van der Waals surface area (Å²) in [6, 6.07) is -0.735. The van der Waals surface area contributed by atoms with Gasteiger partial charge in [-0.1, -0.05) is 246 Å². The molecule has 6 nitrogen and oxygen atoms in total. The van der Waals surface area contributed by atoms with E-state index in [0.29, 0.717) is 19.3 Å². The fraction of sp³-hybridized carbons (Fsp3) is 0.700. The van der Waals surface area contributed by atoms with Crippen LogP contribution in [0.5, 0.6) is 0 Å². The lowest BCUT2D eigenvalue weighted by Crippen LogP contribution is -2.46. The smallest absolute Gasteiger partial charge is 0.306 e. The highest BCUT2D eigenvalue weighted by molar-refractivity contribution is 5.77. The van der Waals surface area contributed by atoms with Crippen molar-refractivity contribution in [1.82, 2.24) is 5.32 Å². The highest BCUT2D eigenvalue weighted by Gasteiger charge is 2.24. The maximum absolute atomic E-state index is 13.2. The molecule has 0 aliphatic rings. The van der Waals surface area contributed by atoms with E-state index < -0.39 is 18.2 Å². The number of ether oxygens (including phenoxy) is 1. The van der Waals surface area contributed by atoms with Crippen molar-refractivity contribution < 1.29 is 24.5 Å². The molecule has 0 bridgehead atoms. The largest absolute Gasteiger partial charge is 0.462 e. The molecule has 3 unspecified atom stereocenters. The van der Waals surface area contributed by atoms with Crippen molar-refractivity contribution in [1.29, 1.82) is 0 Å². The van der Waals surface area contributed by atoms with Crippen LogP contribution in [0, 0.1) is 0 Å². The average Bonchev–Trinajstić information content (AvgIpc) is 3.31. The number of carbonyl (C=O) groups is 2. The van der Waals surface area contributed by atoms with Gasteiger partial charge in [0.1, 0.15) is 6.10 Å². The van der Waals surface area contributed by atoms with Crippen LogP contribution in [0.2, 0.25) is 0 Å². The first-order valence-corrected chi connectivity index (χ1v) is 27.5. The van der Waals surface area contributed by atoms with Crippen molar-refractivity contribution >= 4 is 11.9 Å². The Morgan fingerprint density at radius 3 is 1.41 bits per heavy atom. The van der Waals surface area contributed by atoms with E-state index in [2.05, 4.69) is 86.8 Å². The summed E-state index contributed by atoms with van der Waals surface area (Å²) in [5.41, 5.74) is 0. The van der Waals surface area contributed by atoms with Gasteiger partial charge in [-0.2, -0.15) is 0 Å². The molecule has 0 saturated heterocycles. The number of unbranched alkanes of at least 4 members (excludes halogenated alkanes) is 23. The number of rotatable bonds is 48. The minimum atomic E-state index is -0.817. The number of allylic oxidation sites excluding steroid dienone is 16. The van der Waals surface area contributed by atoms with E-state index in [0.717, 1.165) is 83.5 Å². The Kier molecular flexibility index (Phi) is 50.2. The lowest BCUT2D eigenvalue weighted by atomic mass is 10.0. The van der Waals surface area contributed by atoms with Crippen LogP contribution < -0.4 is 5.32 Å². The molecule has 0 heterocycles. The Hall–Kier alpha value is -3.22. The maximum Gasteiger partial charge on any atom is 0.306 e. The molecule has 378 valence electrons. The third kappa shape index (κ3) is 47.3. The highest BCUT2D eigenvalue weighted by Crippen LogP contribution is 2.17. The van der Waals surface area contributed by atoms with Gasteiger partial charge in [0.15, 0.2) is 0 Å². The zero-order valence-corrected chi connectivity index (χ0v) is 43.0. The number of hydrogen-bond acceptors (Lipinski definition) is 5. The predicted molar refractivity (Wildman–Crippen MR) is 287 cm³/mol. The summed E-state index contributed by atoms with van der Waals surface area (Å²) < 4.78 is 5.88. The summed E-state index contributed by atoms with van der Waals surface area (Å²) in [6.07, 6.45) is 70.5. The van der Waals surface area contributed by atoms with Gasteiger partial charge in [-0.3, -0.25) is 9.59 Å². The second kappa shape index (κ2) is 52.7. The first kappa shape index (κ1) is 62.8. The van der Waals surface area contributed by atoms with E-state index >= 15 is 0 Å². The van der Waals surface area contributed by atoms with Crippen LogP contribution in [0.3, 0.4) is 0 Å². The summed E-state index contributed by atoms with van der Waals surface area (Å²) in [5, 5.41) is 23.8. The van der Waals surface area contributed by atoms with Gasteiger partial charge < -0.3 is 20.3 Å². The zero-order valence-electron chi connectivity index (χ0n) is 43.0. The van der Waals surface area contributed by atoms with E-state index in [-0.39, 0.29) is 24.9 Å². The van der Waals surface area contributed by atoms with E-state index in [4.69, 9.17) is 4.74 Å². The number of nitrogens with one attached hydrogen (secondary N) is 1. The Morgan fingerprint density at radius 1 is 0.470 bits per heavy atom. The number of aliphatic hydroxyl groups excluding tert-OH is 2. The maximum atomic E-state index is 13.2. The van der Waals surface area contributed by atoms with Crippen LogP contribution in [-0.4, -0.2) is 46.9 Å². The molecular formula is C60H103NO5. The van der Waals surface area contributed by atoms with Crippen LogP contribution >= 0.6 is 0 Å². The summed E-state index contributed by atoms with van der Waals surface area (Å²) >= 11 is 0. The molecular weight excluding hydrogens is 815 g/mol. The number of esters is 1. The van der Waals surface area contributed by atoms with Crippen molar-refractivity contribution in [2.45, 2.75) is 264 Å². The molecule has 0 aromatic rings. The number of carbonyl (C=O) groups excluding carboxylic acids is 2. The summed E-state index contributed by atoms with van der Waals surface area (Å²) in [7, 11) is 0. The number of aliphatic hydroxyl groups is 2. The third-order valence-electron chi connectivity index (χ3n) is 12.0. The topological polar surface area (TPSA) is 95.9 Å². The average molecular weight is 918 g/mol. The molecule has 66 heavy (non-hydrogen) atoms. The fourth-order valence-electron chi connectivity index (χ4n) is 7.84. The van der Waals surface area contributed by atoms with Gasteiger partial charge in [-0.25, -0.2) is 0 Å². The van der Waals surface area contributed by atoms with Crippen molar-refractivity contribution in [3.8, 4) is 0 Å². The van der Waals surface area contributed by atoms with E-state index in [1.165, 1.54) is 116 Å². The molecule has 0 aromatic heterocycles. The number of amides is 1. The Morgan fingerprint density at radius 2 is 0.894 bits per heavy atom. The first-order chi connectivity index (χ1) is 32.5. The minimum absolute atomic E-state index is 0.0137. The van der Waals surface area contributed by atoms with E-state index in [1.807, 2.05) is 36.5 Å². The van der Waals surface area contributed by atoms with Gasteiger partial charge in [0.05, 0.1) is 25.2 Å². The lowest BCUT2D eigenvalue weighted by molar-refractivity contribution is -0.151. The molecule has 0 aromatic carbocycles. The zero-order chi connectivity index (χ0) is 48.1. The van der Waals surface area contributed by atoms with Crippen LogP contribution in [0.15, 0.2) is 97.2 Å². The van der Waals surface area contributed by atoms with Crippen molar-refractivity contribution in [2.24, 2.45) is 0 Å². The molecule has 0 saturated carbocycles. The molecule has 6 heteroatoms. The molecule has 3 atom stereocenters. The minimum Gasteiger partial charge on any atom is -0.462 e. The first-order valence-electron chi connectivity index (χ1n) is 27.5. The molecule has 0 radical (unpaired) electrons. The third-order valence-corrected chi connectivity index (χ3v) is 12.0. The standard InChI is InChI=1S/C60H103NO5/c1-4-7-10-13-16-19-22-24-26-28-29-31-33-35-38-41-44-47-50-53-60(65)66-56(51-48-45-42-39-36-21-18-15-12-9-6-3)54-59(64)61-57(55-62)58(63)52-49-46-43-40-37-34-32-30-27-25-23-20-17-14-11-8-5-2/h9,12,15-16,18-19,21,24,26,29,31,35-36,38-39,42,56-58,62-63H,4-8,10-11,13-14,17,20,22-23,25,27-28,30,32-34,37,40-41,43-55H2,1-3H3,(H,61,64)/b12-9+,18-15+,19-16-,26-24-,31-29-,36-21-,38-35-,42-39-. The van der Waals surface area contributed by atoms with Gasteiger partial charge in [0, 0.05) is 6.42 Å². The van der Waals surface area contributed by atoms with Crippen LogP contribution in [-0.2, 0) is 14.3 Å². The molecule has 0 spiro atoms. The van der Waals surface area contributed by atoms with Gasteiger partial charge in [-0.15, -0.1) is 0 Å². The molecule has 1 amide bonds. The Labute approximate surface area is 407 Å². The second-order valence-electron chi connectivity index (χ2n) is 18.3. The van der Waals surface area contributed by atoms with E-state index in [9.17, 15) is 19.8 Å². The van der Waals surface area contributed by atoms with Crippen LogP contribution in [0.1, 0.15) is 245 Å². The van der Waals surface area contributed by atoms with Crippen molar-refractivity contribution in [2.75, 3.05) is 6.61 Å². The molecule has 0 fully saturated rings. The van der Waals surface area contributed by atoms with Gasteiger partial charge in [-0.05, 0) is 83.5 Å². The van der Waals surface area contributed by atoms with Crippen molar-refractivity contribution in [3.63, 3.8) is 0 Å². The fourth-order valence-corrected chi connectivity index (χ4v) is 7.84. The van der Waals surface area contributed by atoms with E-state index in [1.54, 1.807) is 0 Å². The molecule has 3 N–H and O–H groups in total. The predicted octanol–water partition coefficient (Wildman–Crippen LogP) is 16.9. The lowest BCUT2D eigenvalue weighted by Gasteiger charge is -2.24. The number of hydrogen-bond donors (Lipinski definition) is 3. The van der Waals surface area contributed by atoms with Crippen LogP contribution in [0.4, 0.5) is 0 Å². The normalized spacial score (nSPS) is 14.0. The second-order valence-corrected chi connectivity index (χ2v) is 18.3. The molecule has 0 aliphatic heterocycles. The quantitative estimate of drug-likeness (QED) is 0.0245. The summed E-state index contributed by atoms with van der Waals surface area (Å²) in [6.45, 7) is 6.29. The monoisotopic (exact) mass is 918 g/mol. The molecule has 0 rings (SSSR count). The van der Waals surface area contributed by atoms with Gasteiger partial charge in [0.2, 0.25) is 5.91 Å². The molecule has 0 aliphatic carbocycles. The van der Waals surface area contributed by atoms with Gasteiger partial charge in [0.25, 0.3) is 0 Å². The Balaban J connectivity index is 4.59. The Bertz CT molecular complexity index is 1310.